The molecule has 1 aliphatic rings. The number of rotatable bonds is 2. The fraction of sp³-hybridized carbons (Fsp3) is 0.467. The van der Waals surface area contributed by atoms with Crippen LogP contribution in [0.5, 0.6) is 0 Å². The van der Waals surface area contributed by atoms with E-state index in [1.165, 1.54) is 5.56 Å². The maximum Gasteiger partial charge on any atom is 0.148 e. The van der Waals surface area contributed by atoms with Crippen LogP contribution in [0.3, 0.4) is 0 Å². The summed E-state index contributed by atoms with van der Waals surface area (Å²) in [5, 5.41) is 0. The van der Waals surface area contributed by atoms with E-state index in [1.54, 1.807) is 7.05 Å². The molecule has 0 heterocycles. The first kappa shape index (κ1) is 12.0. The second-order valence-corrected chi connectivity index (χ2v) is 4.85. The van der Waals surface area contributed by atoms with Crippen LogP contribution in [0.15, 0.2) is 29.3 Å². The summed E-state index contributed by atoms with van der Waals surface area (Å²) >= 11 is 0. The molecule has 1 saturated carbocycles. The van der Waals surface area contributed by atoms with Gasteiger partial charge in [0.1, 0.15) is 5.78 Å². The number of aryl methyl sites for hydroxylation is 1. The van der Waals surface area contributed by atoms with Crippen molar-refractivity contribution in [3.8, 4) is 0 Å². The Hall–Kier alpha value is -1.44. The van der Waals surface area contributed by atoms with E-state index in [0.717, 1.165) is 24.8 Å². The summed E-state index contributed by atoms with van der Waals surface area (Å²) in [6.07, 6.45) is 5.54. The molecule has 0 aliphatic heterocycles. The highest BCUT2D eigenvalue weighted by molar-refractivity contribution is 6.06. The number of carbonyl (C=O) groups excluding carboxylic acids is 1. The predicted molar refractivity (Wildman–Crippen MR) is 70.7 cm³/mol. The number of hydrogen-bond donors (Lipinski definition) is 0. The SMILES string of the molecule is C/N=C/[C@]1(c2ccc(C)cc2)CCCCC1=O. The summed E-state index contributed by atoms with van der Waals surface area (Å²) in [7, 11) is 1.75. The molecule has 0 bridgehead atoms. The van der Waals surface area contributed by atoms with Gasteiger partial charge in [0.25, 0.3) is 0 Å². The number of benzene rings is 1. The Kier molecular flexibility index (Phi) is 3.41. The van der Waals surface area contributed by atoms with Gasteiger partial charge < -0.3 is 0 Å². The van der Waals surface area contributed by atoms with Crippen molar-refractivity contribution in [3.05, 3.63) is 35.4 Å². The van der Waals surface area contributed by atoms with Crippen LogP contribution in [-0.2, 0) is 10.2 Å². The monoisotopic (exact) mass is 229 g/mol. The van der Waals surface area contributed by atoms with E-state index in [1.807, 2.05) is 6.21 Å². The van der Waals surface area contributed by atoms with Crippen molar-refractivity contribution in [3.63, 3.8) is 0 Å². The Bertz CT molecular complexity index is 433. The Labute approximate surface area is 103 Å². The van der Waals surface area contributed by atoms with Crippen LogP contribution >= 0.6 is 0 Å². The van der Waals surface area contributed by atoms with Crippen LogP contribution in [0.2, 0.25) is 0 Å². The molecule has 1 aromatic rings. The van der Waals surface area contributed by atoms with E-state index in [4.69, 9.17) is 0 Å². The van der Waals surface area contributed by atoms with Gasteiger partial charge in [-0.3, -0.25) is 9.79 Å². The second-order valence-electron chi connectivity index (χ2n) is 4.85. The van der Waals surface area contributed by atoms with Crippen molar-refractivity contribution >= 4 is 12.0 Å². The molecule has 0 unspecified atom stereocenters. The molecule has 1 atom stereocenters. The average Bonchev–Trinajstić information content (AvgIpc) is 2.33. The van der Waals surface area contributed by atoms with E-state index in [2.05, 4.69) is 36.2 Å². The summed E-state index contributed by atoms with van der Waals surface area (Å²) in [5.74, 6) is 0.318. The molecule has 2 nitrogen and oxygen atoms in total. The minimum absolute atomic E-state index is 0.318. The molecule has 1 fully saturated rings. The second kappa shape index (κ2) is 4.82. The van der Waals surface area contributed by atoms with Gasteiger partial charge in [-0.15, -0.1) is 0 Å². The summed E-state index contributed by atoms with van der Waals surface area (Å²) in [6, 6.07) is 8.28. The van der Waals surface area contributed by atoms with E-state index >= 15 is 0 Å². The van der Waals surface area contributed by atoms with Gasteiger partial charge in [0.05, 0.1) is 5.41 Å². The normalized spacial score (nSPS) is 25.4. The van der Waals surface area contributed by atoms with Crippen molar-refractivity contribution < 1.29 is 4.79 Å². The van der Waals surface area contributed by atoms with E-state index < -0.39 is 5.41 Å². The molecule has 1 aliphatic carbocycles. The molecule has 0 spiro atoms. The molecule has 1 aromatic carbocycles. The minimum atomic E-state index is -0.458. The zero-order valence-corrected chi connectivity index (χ0v) is 10.6. The van der Waals surface area contributed by atoms with Crippen LogP contribution in [0.25, 0.3) is 0 Å². The first-order valence-corrected chi connectivity index (χ1v) is 6.23. The number of hydrogen-bond acceptors (Lipinski definition) is 2. The molecular weight excluding hydrogens is 210 g/mol. The summed E-state index contributed by atoms with van der Waals surface area (Å²) in [4.78, 5) is 16.4. The molecule has 2 rings (SSSR count). The lowest BCUT2D eigenvalue weighted by Gasteiger charge is -2.32. The quantitative estimate of drug-likeness (QED) is 0.717. The lowest BCUT2D eigenvalue weighted by Crippen LogP contribution is -2.40. The maximum atomic E-state index is 12.3. The zero-order chi connectivity index (χ0) is 12.3. The van der Waals surface area contributed by atoms with Gasteiger partial charge >= 0.3 is 0 Å². The molecule has 0 aromatic heterocycles. The lowest BCUT2D eigenvalue weighted by molar-refractivity contribution is -0.123. The van der Waals surface area contributed by atoms with Gasteiger partial charge in [-0.1, -0.05) is 36.2 Å². The highest BCUT2D eigenvalue weighted by atomic mass is 16.1. The van der Waals surface area contributed by atoms with E-state index in [0.29, 0.717) is 12.2 Å². The topological polar surface area (TPSA) is 29.4 Å². The molecule has 0 amide bonds. The van der Waals surface area contributed by atoms with Crippen LogP contribution in [-0.4, -0.2) is 19.0 Å². The smallest absolute Gasteiger partial charge is 0.148 e. The van der Waals surface area contributed by atoms with Crippen LogP contribution < -0.4 is 0 Å². The minimum Gasteiger partial charge on any atom is -0.299 e. The van der Waals surface area contributed by atoms with Crippen LogP contribution in [0.1, 0.15) is 36.8 Å². The number of ketones is 1. The third kappa shape index (κ3) is 2.17. The Morgan fingerprint density at radius 2 is 1.94 bits per heavy atom. The lowest BCUT2D eigenvalue weighted by atomic mass is 9.69. The molecule has 90 valence electrons. The summed E-state index contributed by atoms with van der Waals surface area (Å²) in [5.41, 5.74) is 1.86. The van der Waals surface area contributed by atoms with Gasteiger partial charge in [0.2, 0.25) is 0 Å². The number of aliphatic imine (C=N–C) groups is 1. The predicted octanol–water partition coefficient (Wildman–Crippen LogP) is 3.08. The molecular formula is C15H19NO. The van der Waals surface area contributed by atoms with Gasteiger partial charge in [-0.25, -0.2) is 0 Å². The van der Waals surface area contributed by atoms with Crippen LogP contribution in [0, 0.1) is 6.92 Å². The molecule has 0 radical (unpaired) electrons. The number of nitrogens with zero attached hydrogens (tertiary/aromatic N) is 1. The van der Waals surface area contributed by atoms with Crippen molar-refractivity contribution in [2.75, 3.05) is 7.05 Å². The summed E-state index contributed by atoms with van der Waals surface area (Å²) < 4.78 is 0. The van der Waals surface area contributed by atoms with Crippen LogP contribution in [0.4, 0.5) is 0 Å². The van der Waals surface area contributed by atoms with Gasteiger partial charge in [0.15, 0.2) is 0 Å². The highest BCUT2D eigenvalue weighted by Gasteiger charge is 2.39. The fourth-order valence-corrected chi connectivity index (χ4v) is 2.64. The largest absolute Gasteiger partial charge is 0.299 e. The Morgan fingerprint density at radius 3 is 2.53 bits per heavy atom. The highest BCUT2D eigenvalue weighted by Crippen LogP contribution is 2.35. The van der Waals surface area contributed by atoms with Crippen molar-refractivity contribution in [1.82, 2.24) is 0 Å². The maximum absolute atomic E-state index is 12.3. The standard InChI is InChI=1S/C15H19NO/c1-12-6-8-13(9-7-12)15(11-16-2)10-4-3-5-14(15)17/h6-9,11H,3-5,10H2,1-2H3/b16-11+/t15-/m0/s1. The third-order valence-corrected chi connectivity index (χ3v) is 3.64. The van der Waals surface area contributed by atoms with Gasteiger partial charge in [-0.2, -0.15) is 0 Å². The molecule has 2 heteroatoms. The van der Waals surface area contributed by atoms with Crippen molar-refractivity contribution in [2.45, 2.75) is 38.0 Å². The first-order chi connectivity index (χ1) is 8.19. The van der Waals surface area contributed by atoms with Crippen molar-refractivity contribution in [1.29, 1.82) is 0 Å². The Morgan fingerprint density at radius 1 is 1.24 bits per heavy atom. The Balaban J connectivity index is 2.46. The van der Waals surface area contributed by atoms with Gasteiger partial charge in [-0.05, 0) is 25.3 Å². The molecule has 17 heavy (non-hydrogen) atoms. The van der Waals surface area contributed by atoms with Gasteiger partial charge in [0, 0.05) is 19.7 Å². The number of Topliss-reactive ketones (excluding diaryl/α,β-unsaturated/α-hetero) is 1. The zero-order valence-electron chi connectivity index (χ0n) is 10.6. The first-order valence-electron chi connectivity index (χ1n) is 6.23. The molecule has 0 saturated heterocycles. The molecule has 0 N–H and O–H groups in total. The van der Waals surface area contributed by atoms with E-state index in [9.17, 15) is 4.79 Å². The third-order valence-electron chi connectivity index (χ3n) is 3.64. The number of carbonyl (C=O) groups is 1. The van der Waals surface area contributed by atoms with Crippen molar-refractivity contribution in [2.24, 2.45) is 4.99 Å². The summed E-state index contributed by atoms with van der Waals surface area (Å²) in [6.45, 7) is 2.06. The fourth-order valence-electron chi connectivity index (χ4n) is 2.64. The average molecular weight is 229 g/mol. The van der Waals surface area contributed by atoms with E-state index in [-0.39, 0.29) is 0 Å².